The Balaban J connectivity index is 0.00000264. The highest BCUT2D eigenvalue weighted by Gasteiger charge is 2.15. The molecular weight excluding hydrogens is 380 g/mol. The van der Waals surface area contributed by atoms with E-state index in [1.807, 2.05) is 31.2 Å². The lowest BCUT2D eigenvalue weighted by Gasteiger charge is -2.22. The molecule has 1 atom stereocenters. The third-order valence-electron chi connectivity index (χ3n) is 3.96. The van der Waals surface area contributed by atoms with Gasteiger partial charge in [0.1, 0.15) is 11.9 Å². The largest absolute Gasteiger partial charge is 0.489 e. The van der Waals surface area contributed by atoms with Crippen LogP contribution in [0.15, 0.2) is 28.7 Å². The van der Waals surface area contributed by atoms with Crippen molar-refractivity contribution in [2.45, 2.75) is 38.7 Å². The lowest BCUT2D eigenvalue weighted by atomic mass is 9.93. The van der Waals surface area contributed by atoms with Gasteiger partial charge in [0.15, 0.2) is 0 Å². The molecule has 130 valence electrons. The van der Waals surface area contributed by atoms with Crippen molar-refractivity contribution in [1.82, 2.24) is 10.6 Å². The fourth-order valence-corrected chi connectivity index (χ4v) is 3.04. The van der Waals surface area contributed by atoms with Crippen LogP contribution in [-0.2, 0) is 4.79 Å². The predicted molar refractivity (Wildman–Crippen MR) is 99.3 cm³/mol. The Bertz CT molecular complexity index is 481. The first-order valence-corrected chi connectivity index (χ1v) is 8.82. The highest BCUT2D eigenvalue weighted by molar-refractivity contribution is 9.10. The Morgan fingerprint density at radius 2 is 2.17 bits per heavy atom. The molecule has 1 aromatic carbocycles. The molecule has 0 radical (unpaired) electrons. The Morgan fingerprint density at radius 1 is 1.43 bits per heavy atom. The van der Waals surface area contributed by atoms with Gasteiger partial charge < -0.3 is 15.4 Å². The van der Waals surface area contributed by atoms with Crippen LogP contribution in [0, 0.1) is 5.92 Å². The normalized spacial score (nSPS) is 16.3. The predicted octanol–water partition coefficient (Wildman–Crippen LogP) is 3.53. The van der Waals surface area contributed by atoms with Crippen LogP contribution in [0.4, 0.5) is 0 Å². The molecule has 1 aliphatic rings. The molecule has 1 heterocycles. The van der Waals surface area contributed by atoms with E-state index in [1.165, 1.54) is 12.8 Å². The SMILES string of the molecule is CC(CNC(=O)CCC1CCNCC1)Oc1cccc(Br)c1.Cl. The van der Waals surface area contributed by atoms with Crippen molar-refractivity contribution in [1.29, 1.82) is 0 Å². The molecule has 1 unspecified atom stereocenters. The molecule has 2 rings (SSSR count). The number of amides is 1. The van der Waals surface area contributed by atoms with Gasteiger partial charge in [-0.15, -0.1) is 12.4 Å². The lowest BCUT2D eigenvalue weighted by molar-refractivity contribution is -0.121. The van der Waals surface area contributed by atoms with E-state index in [0.29, 0.717) is 18.9 Å². The number of ether oxygens (including phenoxy) is 1. The fraction of sp³-hybridized carbons (Fsp3) is 0.588. The minimum Gasteiger partial charge on any atom is -0.489 e. The van der Waals surface area contributed by atoms with Crippen molar-refractivity contribution < 1.29 is 9.53 Å². The molecule has 1 aliphatic heterocycles. The molecule has 0 spiro atoms. The summed E-state index contributed by atoms with van der Waals surface area (Å²) in [7, 11) is 0. The molecule has 4 nitrogen and oxygen atoms in total. The van der Waals surface area contributed by atoms with Crippen molar-refractivity contribution in [3.63, 3.8) is 0 Å². The van der Waals surface area contributed by atoms with E-state index in [9.17, 15) is 4.79 Å². The van der Waals surface area contributed by atoms with Crippen LogP contribution in [0.1, 0.15) is 32.6 Å². The summed E-state index contributed by atoms with van der Waals surface area (Å²) in [4.78, 5) is 11.9. The molecule has 1 aromatic rings. The summed E-state index contributed by atoms with van der Waals surface area (Å²) < 4.78 is 6.78. The number of carbonyl (C=O) groups is 1. The van der Waals surface area contributed by atoms with Crippen LogP contribution in [0.3, 0.4) is 0 Å². The maximum atomic E-state index is 11.9. The Labute approximate surface area is 153 Å². The van der Waals surface area contributed by atoms with Crippen LogP contribution in [0.2, 0.25) is 0 Å². The van der Waals surface area contributed by atoms with Gasteiger partial charge in [-0.1, -0.05) is 22.0 Å². The summed E-state index contributed by atoms with van der Waals surface area (Å²) >= 11 is 3.42. The molecule has 0 aromatic heterocycles. The molecule has 0 saturated carbocycles. The molecular formula is C17H26BrClN2O2. The van der Waals surface area contributed by atoms with Crippen LogP contribution in [-0.4, -0.2) is 31.6 Å². The second kappa shape index (κ2) is 10.9. The van der Waals surface area contributed by atoms with Gasteiger partial charge in [-0.3, -0.25) is 4.79 Å². The van der Waals surface area contributed by atoms with Crippen molar-refractivity contribution in [2.75, 3.05) is 19.6 Å². The quantitative estimate of drug-likeness (QED) is 0.729. The van der Waals surface area contributed by atoms with Crippen molar-refractivity contribution in [3.05, 3.63) is 28.7 Å². The number of carbonyl (C=O) groups excluding carboxylic acids is 1. The molecule has 1 fully saturated rings. The van der Waals surface area contributed by atoms with Crippen LogP contribution >= 0.6 is 28.3 Å². The molecule has 1 saturated heterocycles. The van der Waals surface area contributed by atoms with E-state index in [-0.39, 0.29) is 24.4 Å². The zero-order chi connectivity index (χ0) is 15.8. The van der Waals surface area contributed by atoms with E-state index in [1.54, 1.807) is 0 Å². The number of nitrogens with one attached hydrogen (secondary N) is 2. The van der Waals surface area contributed by atoms with Crippen LogP contribution < -0.4 is 15.4 Å². The van der Waals surface area contributed by atoms with Gasteiger partial charge in [0.2, 0.25) is 5.91 Å². The molecule has 6 heteroatoms. The summed E-state index contributed by atoms with van der Waals surface area (Å²) in [6.45, 7) is 4.68. The third-order valence-corrected chi connectivity index (χ3v) is 4.45. The van der Waals surface area contributed by atoms with Gasteiger partial charge >= 0.3 is 0 Å². The van der Waals surface area contributed by atoms with Gasteiger partial charge in [0.05, 0.1) is 6.54 Å². The van der Waals surface area contributed by atoms with Gasteiger partial charge in [-0.2, -0.15) is 0 Å². The third kappa shape index (κ3) is 8.04. The highest BCUT2D eigenvalue weighted by Crippen LogP contribution is 2.19. The number of halogens is 2. The first kappa shape index (κ1) is 20.3. The number of rotatable bonds is 7. The average Bonchev–Trinajstić information content (AvgIpc) is 2.52. The Kier molecular flexibility index (Phi) is 9.60. The topological polar surface area (TPSA) is 50.4 Å². The number of benzene rings is 1. The summed E-state index contributed by atoms with van der Waals surface area (Å²) in [5.74, 6) is 1.64. The zero-order valence-electron chi connectivity index (χ0n) is 13.5. The maximum absolute atomic E-state index is 11.9. The van der Waals surface area contributed by atoms with Crippen LogP contribution in [0.25, 0.3) is 0 Å². The molecule has 0 bridgehead atoms. The Morgan fingerprint density at radius 3 is 2.87 bits per heavy atom. The first-order valence-electron chi connectivity index (χ1n) is 8.03. The van der Waals surface area contributed by atoms with Crippen molar-refractivity contribution in [3.8, 4) is 5.75 Å². The second-order valence-electron chi connectivity index (χ2n) is 5.92. The van der Waals surface area contributed by atoms with Gasteiger partial charge in [0.25, 0.3) is 0 Å². The summed E-state index contributed by atoms with van der Waals surface area (Å²) in [5, 5.41) is 6.31. The minimum absolute atomic E-state index is 0. The van der Waals surface area contributed by atoms with E-state index in [0.717, 1.165) is 29.7 Å². The smallest absolute Gasteiger partial charge is 0.220 e. The monoisotopic (exact) mass is 404 g/mol. The molecule has 23 heavy (non-hydrogen) atoms. The fourth-order valence-electron chi connectivity index (χ4n) is 2.67. The van der Waals surface area contributed by atoms with Gasteiger partial charge in [-0.25, -0.2) is 0 Å². The molecule has 1 amide bonds. The van der Waals surface area contributed by atoms with Crippen molar-refractivity contribution >= 4 is 34.2 Å². The standard InChI is InChI=1S/C17H25BrN2O2.ClH/c1-13(22-16-4-2-3-15(18)11-16)12-20-17(21)6-5-14-7-9-19-10-8-14;/h2-4,11,13-14,19H,5-10,12H2,1H3,(H,20,21);1H. The van der Waals surface area contributed by atoms with Gasteiger partial charge in [0, 0.05) is 10.9 Å². The second-order valence-corrected chi connectivity index (χ2v) is 6.84. The van der Waals surface area contributed by atoms with Crippen molar-refractivity contribution in [2.24, 2.45) is 5.92 Å². The average molecular weight is 406 g/mol. The Hall–Kier alpha value is -0.780. The number of piperidine rings is 1. The van der Waals surface area contributed by atoms with E-state index < -0.39 is 0 Å². The van der Waals surface area contributed by atoms with E-state index in [4.69, 9.17) is 4.74 Å². The highest BCUT2D eigenvalue weighted by atomic mass is 79.9. The van der Waals surface area contributed by atoms with E-state index in [2.05, 4.69) is 26.6 Å². The minimum atomic E-state index is -0.0443. The number of hydrogen-bond donors (Lipinski definition) is 2. The maximum Gasteiger partial charge on any atom is 0.220 e. The summed E-state index contributed by atoms with van der Waals surface area (Å²) in [6.07, 6.45) is 3.95. The lowest BCUT2D eigenvalue weighted by Crippen LogP contribution is -2.34. The number of hydrogen-bond acceptors (Lipinski definition) is 3. The molecule has 2 N–H and O–H groups in total. The van der Waals surface area contributed by atoms with Gasteiger partial charge in [-0.05, 0) is 63.4 Å². The summed E-state index contributed by atoms with van der Waals surface area (Å²) in [6, 6.07) is 7.74. The zero-order valence-corrected chi connectivity index (χ0v) is 15.9. The summed E-state index contributed by atoms with van der Waals surface area (Å²) in [5.41, 5.74) is 0. The van der Waals surface area contributed by atoms with Crippen LogP contribution in [0.5, 0.6) is 5.75 Å². The van der Waals surface area contributed by atoms with E-state index >= 15 is 0 Å². The molecule has 0 aliphatic carbocycles. The first-order chi connectivity index (χ1) is 10.6.